The second-order valence-corrected chi connectivity index (χ2v) is 2.53. The fraction of sp³-hybridized carbons (Fsp3) is 0.222. The number of nitrogens with zero attached hydrogens (tertiary/aromatic N) is 1. The van der Waals surface area contributed by atoms with Gasteiger partial charge in [-0.25, -0.2) is 0 Å². The molecule has 0 atom stereocenters. The number of para-hydroxylation sites is 1. The number of rotatable bonds is 3. The van der Waals surface area contributed by atoms with Crippen molar-refractivity contribution in [3.8, 4) is 0 Å². The molecule has 0 aliphatic heterocycles. The summed E-state index contributed by atoms with van der Waals surface area (Å²) in [6.07, 6.45) is 0. The van der Waals surface area contributed by atoms with Crippen molar-refractivity contribution in [2.45, 2.75) is 6.92 Å². The molecular formula is C9H13N3. The molecule has 0 bridgehead atoms. The highest BCUT2D eigenvalue weighted by Gasteiger charge is 1.86. The topological polar surface area (TPSA) is 50.4 Å². The van der Waals surface area contributed by atoms with Crippen LogP contribution in [-0.2, 0) is 0 Å². The van der Waals surface area contributed by atoms with Gasteiger partial charge in [-0.05, 0) is 19.1 Å². The van der Waals surface area contributed by atoms with E-state index in [0.29, 0.717) is 6.54 Å². The lowest BCUT2D eigenvalue weighted by Gasteiger charge is -2.00. The molecule has 0 heterocycles. The van der Waals surface area contributed by atoms with Crippen LogP contribution < -0.4 is 11.2 Å². The Labute approximate surface area is 72.3 Å². The standard InChI is InChI=1S/C9H13N3/c1-8(7-10)11-12-9-5-3-2-4-6-9/h2-6,12H,7,10H2,1H3/b11-8+. The van der Waals surface area contributed by atoms with Gasteiger partial charge >= 0.3 is 0 Å². The van der Waals surface area contributed by atoms with E-state index in [1.54, 1.807) is 0 Å². The van der Waals surface area contributed by atoms with Crippen molar-refractivity contribution in [2.24, 2.45) is 10.8 Å². The van der Waals surface area contributed by atoms with Crippen LogP contribution in [0, 0.1) is 0 Å². The Morgan fingerprint density at radius 3 is 2.67 bits per heavy atom. The van der Waals surface area contributed by atoms with Gasteiger partial charge in [-0.2, -0.15) is 5.10 Å². The molecule has 0 fully saturated rings. The maximum absolute atomic E-state index is 5.37. The van der Waals surface area contributed by atoms with Crippen molar-refractivity contribution in [1.82, 2.24) is 0 Å². The predicted octanol–water partition coefficient (Wildman–Crippen LogP) is 1.43. The molecule has 3 N–H and O–H groups in total. The van der Waals surface area contributed by atoms with Gasteiger partial charge in [0.05, 0.1) is 5.69 Å². The number of nitrogens with two attached hydrogens (primary N) is 1. The minimum absolute atomic E-state index is 0.486. The van der Waals surface area contributed by atoms with Crippen molar-refractivity contribution in [2.75, 3.05) is 12.0 Å². The minimum Gasteiger partial charge on any atom is -0.325 e. The summed E-state index contributed by atoms with van der Waals surface area (Å²) < 4.78 is 0. The average molecular weight is 163 g/mol. The van der Waals surface area contributed by atoms with Crippen molar-refractivity contribution < 1.29 is 0 Å². The molecule has 0 aliphatic rings. The summed E-state index contributed by atoms with van der Waals surface area (Å²) >= 11 is 0. The maximum Gasteiger partial charge on any atom is 0.0561 e. The zero-order valence-electron chi connectivity index (χ0n) is 7.12. The molecule has 0 aliphatic carbocycles. The minimum atomic E-state index is 0.486. The Hall–Kier alpha value is -1.35. The first-order chi connectivity index (χ1) is 5.83. The van der Waals surface area contributed by atoms with Crippen molar-refractivity contribution in [1.29, 1.82) is 0 Å². The lowest BCUT2D eigenvalue weighted by molar-refractivity contribution is 1.23. The van der Waals surface area contributed by atoms with Gasteiger partial charge in [0.2, 0.25) is 0 Å². The molecule has 3 heteroatoms. The SMILES string of the molecule is C/C(CN)=N\Nc1ccccc1. The third-order valence-corrected chi connectivity index (χ3v) is 1.45. The van der Waals surface area contributed by atoms with Crippen LogP contribution in [-0.4, -0.2) is 12.3 Å². The molecule has 0 saturated carbocycles. The van der Waals surface area contributed by atoms with Crippen molar-refractivity contribution in [3.05, 3.63) is 30.3 Å². The number of hydrogen-bond donors (Lipinski definition) is 2. The molecule has 0 amide bonds. The van der Waals surface area contributed by atoms with Crippen LogP contribution in [0.5, 0.6) is 0 Å². The predicted molar refractivity (Wildman–Crippen MR) is 52.2 cm³/mol. The van der Waals surface area contributed by atoms with Crippen LogP contribution >= 0.6 is 0 Å². The van der Waals surface area contributed by atoms with Gasteiger partial charge in [-0.15, -0.1) is 0 Å². The summed E-state index contributed by atoms with van der Waals surface area (Å²) in [5.41, 5.74) is 10.1. The first kappa shape index (κ1) is 8.74. The highest BCUT2D eigenvalue weighted by Crippen LogP contribution is 2.03. The Morgan fingerprint density at radius 1 is 1.42 bits per heavy atom. The Kier molecular flexibility index (Phi) is 3.29. The molecule has 1 aromatic carbocycles. The zero-order valence-corrected chi connectivity index (χ0v) is 7.12. The number of benzene rings is 1. The van der Waals surface area contributed by atoms with Crippen LogP contribution in [0.4, 0.5) is 5.69 Å². The second kappa shape index (κ2) is 4.51. The van der Waals surface area contributed by atoms with E-state index in [9.17, 15) is 0 Å². The maximum atomic E-state index is 5.37. The van der Waals surface area contributed by atoms with Crippen LogP contribution in [0.25, 0.3) is 0 Å². The normalized spacial score (nSPS) is 11.3. The van der Waals surface area contributed by atoms with Crippen molar-refractivity contribution in [3.63, 3.8) is 0 Å². The van der Waals surface area contributed by atoms with E-state index >= 15 is 0 Å². The van der Waals surface area contributed by atoms with E-state index in [1.165, 1.54) is 0 Å². The van der Waals surface area contributed by atoms with E-state index in [4.69, 9.17) is 5.73 Å². The van der Waals surface area contributed by atoms with Gasteiger partial charge in [0.15, 0.2) is 0 Å². The third kappa shape index (κ3) is 2.72. The number of nitrogens with one attached hydrogen (secondary N) is 1. The molecule has 0 spiro atoms. The fourth-order valence-electron chi connectivity index (χ4n) is 0.718. The fourth-order valence-corrected chi connectivity index (χ4v) is 0.718. The molecule has 0 aromatic heterocycles. The molecule has 1 aromatic rings. The summed E-state index contributed by atoms with van der Waals surface area (Å²) in [7, 11) is 0. The highest BCUT2D eigenvalue weighted by molar-refractivity contribution is 5.84. The van der Waals surface area contributed by atoms with E-state index in [0.717, 1.165) is 11.4 Å². The van der Waals surface area contributed by atoms with Crippen molar-refractivity contribution >= 4 is 11.4 Å². The lowest BCUT2D eigenvalue weighted by atomic mass is 10.3. The largest absolute Gasteiger partial charge is 0.325 e. The van der Waals surface area contributed by atoms with Crippen LogP contribution in [0.15, 0.2) is 35.4 Å². The summed E-state index contributed by atoms with van der Waals surface area (Å²) in [5, 5.41) is 4.05. The molecule has 3 nitrogen and oxygen atoms in total. The van der Waals surface area contributed by atoms with E-state index in [1.807, 2.05) is 37.3 Å². The van der Waals surface area contributed by atoms with Crippen LogP contribution in [0.3, 0.4) is 0 Å². The summed E-state index contributed by atoms with van der Waals surface area (Å²) in [5.74, 6) is 0. The van der Waals surface area contributed by atoms with Gasteiger partial charge in [-0.1, -0.05) is 18.2 Å². The molecule has 64 valence electrons. The summed E-state index contributed by atoms with van der Waals surface area (Å²) in [4.78, 5) is 0. The molecule has 12 heavy (non-hydrogen) atoms. The second-order valence-electron chi connectivity index (χ2n) is 2.53. The quantitative estimate of drug-likeness (QED) is 0.523. The molecule has 0 radical (unpaired) electrons. The Balaban J connectivity index is 2.54. The van der Waals surface area contributed by atoms with Gasteiger partial charge in [0.1, 0.15) is 0 Å². The van der Waals surface area contributed by atoms with Gasteiger partial charge in [0.25, 0.3) is 0 Å². The Morgan fingerprint density at radius 2 is 2.08 bits per heavy atom. The lowest BCUT2D eigenvalue weighted by Crippen LogP contribution is -2.11. The first-order valence-electron chi connectivity index (χ1n) is 3.87. The monoisotopic (exact) mass is 163 g/mol. The van der Waals surface area contributed by atoms with Crippen LogP contribution in [0.1, 0.15) is 6.92 Å². The molecule has 1 rings (SSSR count). The van der Waals surface area contributed by atoms with Gasteiger partial charge < -0.3 is 5.73 Å². The smallest absolute Gasteiger partial charge is 0.0561 e. The van der Waals surface area contributed by atoms with Gasteiger partial charge in [-0.3, -0.25) is 5.43 Å². The highest BCUT2D eigenvalue weighted by atomic mass is 15.3. The van der Waals surface area contributed by atoms with E-state index in [2.05, 4.69) is 10.5 Å². The first-order valence-corrected chi connectivity index (χ1v) is 3.87. The van der Waals surface area contributed by atoms with Gasteiger partial charge in [0, 0.05) is 12.3 Å². The molecule has 0 unspecified atom stereocenters. The summed E-state index contributed by atoms with van der Waals surface area (Å²) in [6.45, 7) is 2.37. The molecule has 0 saturated heterocycles. The number of hydrogen-bond acceptors (Lipinski definition) is 3. The van der Waals surface area contributed by atoms with Crippen LogP contribution in [0.2, 0.25) is 0 Å². The molecular weight excluding hydrogens is 150 g/mol. The third-order valence-electron chi connectivity index (χ3n) is 1.45. The van der Waals surface area contributed by atoms with E-state index in [-0.39, 0.29) is 0 Å². The average Bonchev–Trinajstić information content (AvgIpc) is 2.16. The summed E-state index contributed by atoms with van der Waals surface area (Å²) in [6, 6.07) is 9.77. The Bertz CT molecular complexity index is 254. The van der Waals surface area contributed by atoms with E-state index < -0.39 is 0 Å². The number of anilines is 1. The zero-order chi connectivity index (χ0) is 8.81. The number of hydrazone groups is 1.